The van der Waals surface area contributed by atoms with E-state index in [1.165, 1.54) is 6.08 Å². The van der Waals surface area contributed by atoms with Crippen LogP contribution in [0, 0.1) is 0 Å². The highest BCUT2D eigenvalue weighted by atomic mass is 35.5. The summed E-state index contributed by atoms with van der Waals surface area (Å²) in [5, 5.41) is 4.14. The molecule has 0 aromatic heterocycles. The molecule has 0 aliphatic heterocycles. The number of halogens is 1. The number of hydrogen-bond acceptors (Lipinski definition) is 3. The summed E-state index contributed by atoms with van der Waals surface area (Å²) in [6.07, 6.45) is 1.50. The van der Waals surface area contributed by atoms with Crippen LogP contribution >= 0.6 is 11.6 Å². The van der Waals surface area contributed by atoms with Crippen LogP contribution in [0.15, 0.2) is 60.0 Å². The zero-order chi connectivity index (χ0) is 17.4. The highest BCUT2D eigenvalue weighted by Gasteiger charge is 2.08. The first-order valence-corrected chi connectivity index (χ1v) is 9.16. The Labute approximate surface area is 146 Å². The Morgan fingerprint density at radius 2 is 1.71 bits per heavy atom. The number of sulfonamides is 1. The van der Waals surface area contributed by atoms with Crippen molar-refractivity contribution in [3.05, 3.63) is 70.6 Å². The topological polar surface area (TPSA) is 75.3 Å². The summed E-state index contributed by atoms with van der Waals surface area (Å²) in [5.74, 6) is -0.321. The number of nitrogens with one attached hydrogen (secondary N) is 2. The zero-order valence-corrected chi connectivity index (χ0v) is 14.3. The van der Waals surface area contributed by atoms with E-state index in [0.717, 1.165) is 11.0 Å². The lowest BCUT2D eigenvalue weighted by atomic mass is 10.2. The molecular formula is C17H17ClN2O3S. The van der Waals surface area contributed by atoms with Gasteiger partial charge in [-0.2, -0.15) is 0 Å². The molecule has 0 heterocycles. The van der Waals surface area contributed by atoms with Crippen LogP contribution in [0.3, 0.4) is 0 Å². The minimum absolute atomic E-state index is 0.00223. The van der Waals surface area contributed by atoms with Crippen molar-refractivity contribution in [1.82, 2.24) is 4.72 Å². The third kappa shape index (κ3) is 6.16. The smallest absolute Gasteiger partial charge is 0.233 e. The molecule has 0 aliphatic carbocycles. The summed E-state index contributed by atoms with van der Waals surface area (Å²) < 4.78 is 26.0. The highest BCUT2D eigenvalue weighted by molar-refractivity contribution is 7.92. The number of amides is 1. The third-order valence-electron chi connectivity index (χ3n) is 3.04. The van der Waals surface area contributed by atoms with Crippen LogP contribution in [0.25, 0.3) is 6.08 Å². The molecule has 0 bridgehead atoms. The van der Waals surface area contributed by atoms with Crippen LogP contribution in [-0.2, 0) is 14.8 Å². The Balaban J connectivity index is 1.81. The molecule has 0 saturated heterocycles. The first-order valence-electron chi connectivity index (χ1n) is 7.23. The summed E-state index contributed by atoms with van der Waals surface area (Å²) in [6, 6.07) is 15.9. The van der Waals surface area contributed by atoms with Crippen molar-refractivity contribution in [3.63, 3.8) is 0 Å². The lowest BCUT2D eigenvalue weighted by Crippen LogP contribution is -2.26. The first-order chi connectivity index (χ1) is 11.5. The van der Waals surface area contributed by atoms with Crippen molar-refractivity contribution in [2.75, 3.05) is 11.9 Å². The van der Waals surface area contributed by atoms with Gasteiger partial charge in [0.1, 0.15) is 0 Å². The minimum Gasteiger partial charge on any atom is -0.325 e. The van der Waals surface area contributed by atoms with Gasteiger partial charge in [0, 0.05) is 18.4 Å². The molecule has 1 amide bonds. The van der Waals surface area contributed by atoms with E-state index in [2.05, 4.69) is 10.0 Å². The van der Waals surface area contributed by atoms with Gasteiger partial charge in [0.15, 0.2) is 0 Å². The monoisotopic (exact) mass is 364 g/mol. The summed E-state index contributed by atoms with van der Waals surface area (Å²) >= 11 is 5.94. The van der Waals surface area contributed by atoms with Crippen molar-refractivity contribution in [3.8, 4) is 0 Å². The van der Waals surface area contributed by atoms with Gasteiger partial charge in [0.05, 0.1) is 10.7 Å². The van der Waals surface area contributed by atoms with Crippen LogP contribution < -0.4 is 10.0 Å². The molecule has 2 aromatic rings. The van der Waals surface area contributed by atoms with Crippen LogP contribution in [0.5, 0.6) is 0 Å². The van der Waals surface area contributed by atoms with E-state index in [4.69, 9.17) is 11.6 Å². The SMILES string of the molecule is O=C(CCNS(=O)(=O)C=Cc1ccccc1)Nc1ccccc1Cl. The van der Waals surface area contributed by atoms with E-state index >= 15 is 0 Å². The predicted octanol–water partition coefficient (Wildman–Crippen LogP) is 3.26. The highest BCUT2D eigenvalue weighted by Crippen LogP contribution is 2.20. The first kappa shape index (κ1) is 18.2. The fraction of sp³-hybridized carbons (Fsp3) is 0.118. The van der Waals surface area contributed by atoms with Gasteiger partial charge in [-0.1, -0.05) is 54.1 Å². The van der Waals surface area contributed by atoms with Crippen molar-refractivity contribution in [1.29, 1.82) is 0 Å². The molecule has 2 rings (SSSR count). The molecule has 0 unspecified atom stereocenters. The number of para-hydroxylation sites is 1. The molecule has 24 heavy (non-hydrogen) atoms. The fourth-order valence-electron chi connectivity index (χ4n) is 1.86. The molecule has 0 radical (unpaired) electrons. The predicted molar refractivity (Wildman–Crippen MR) is 97.1 cm³/mol. The largest absolute Gasteiger partial charge is 0.325 e. The van der Waals surface area contributed by atoms with Crippen LogP contribution in [0.4, 0.5) is 5.69 Å². The Bertz CT molecular complexity index is 821. The Hall–Kier alpha value is -2.15. The molecule has 7 heteroatoms. The van der Waals surface area contributed by atoms with Gasteiger partial charge in [-0.25, -0.2) is 13.1 Å². The molecule has 126 valence electrons. The number of carbonyl (C=O) groups excluding carboxylic acids is 1. The second-order valence-corrected chi connectivity index (χ2v) is 6.99. The third-order valence-corrected chi connectivity index (χ3v) is 4.47. The Morgan fingerprint density at radius 3 is 2.42 bits per heavy atom. The van der Waals surface area contributed by atoms with E-state index in [-0.39, 0.29) is 18.9 Å². The van der Waals surface area contributed by atoms with E-state index in [9.17, 15) is 13.2 Å². The van der Waals surface area contributed by atoms with Gasteiger partial charge in [0.2, 0.25) is 15.9 Å². The molecular weight excluding hydrogens is 348 g/mol. The molecule has 0 spiro atoms. The molecule has 2 N–H and O–H groups in total. The van der Waals surface area contributed by atoms with Gasteiger partial charge in [-0.3, -0.25) is 4.79 Å². The van der Waals surface area contributed by atoms with E-state index in [1.54, 1.807) is 36.4 Å². The lowest BCUT2D eigenvalue weighted by molar-refractivity contribution is -0.116. The number of benzene rings is 2. The standard InChI is InChI=1S/C17H17ClN2O3S/c18-15-8-4-5-9-16(15)20-17(21)10-12-19-24(22,23)13-11-14-6-2-1-3-7-14/h1-9,11,13,19H,10,12H2,(H,20,21). The summed E-state index contributed by atoms with van der Waals surface area (Å²) in [4.78, 5) is 11.8. The Kier molecular flexibility index (Phi) is 6.54. The summed E-state index contributed by atoms with van der Waals surface area (Å²) in [6.45, 7) is -0.00223. The van der Waals surface area contributed by atoms with E-state index in [0.29, 0.717) is 10.7 Å². The number of rotatable bonds is 7. The number of anilines is 1. The molecule has 0 aliphatic rings. The average Bonchev–Trinajstić information content (AvgIpc) is 2.56. The van der Waals surface area contributed by atoms with Crippen LogP contribution in [-0.4, -0.2) is 20.9 Å². The van der Waals surface area contributed by atoms with Crippen molar-refractivity contribution in [2.24, 2.45) is 0 Å². The van der Waals surface area contributed by atoms with E-state index in [1.807, 2.05) is 18.2 Å². The van der Waals surface area contributed by atoms with Crippen LogP contribution in [0.2, 0.25) is 5.02 Å². The Morgan fingerprint density at radius 1 is 1.04 bits per heavy atom. The molecule has 0 fully saturated rings. The van der Waals surface area contributed by atoms with Gasteiger partial charge in [0.25, 0.3) is 0 Å². The van der Waals surface area contributed by atoms with Crippen molar-refractivity contribution in [2.45, 2.75) is 6.42 Å². The number of hydrogen-bond donors (Lipinski definition) is 2. The van der Waals surface area contributed by atoms with Gasteiger partial charge >= 0.3 is 0 Å². The van der Waals surface area contributed by atoms with Crippen LogP contribution in [0.1, 0.15) is 12.0 Å². The zero-order valence-electron chi connectivity index (χ0n) is 12.8. The summed E-state index contributed by atoms with van der Waals surface area (Å²) in [5.41, 5.74) is 1.27. The minimum atomic E-state index is -3.59. The van der Waals surface area contributed by atoms with E-state index < -0.39 is 10.0 Å². The maximum absolute atomic E-state index is 11.8. The van der Waals surface area contributed by atoms with Gasteiger partial charge in [-0.15, -0.1) is 0 Å². The summed E-state index contributed by atoms with van der Waals surface area (Å²) in [7, 11) is -3.59. The molecule has 2 aromatic carbocycles. The van der Waals surface area contributed by atoms with Crippen molar-refractivity contribution >= 4 is 39.3 Å². The fourth-order valence-corrected chi connectivity index (χ4v) is 2.86. The maximum Gasteiger partial charge on any atom is 0.233 e. The average molecular weight is 365 g/mol. The lowest BCUT2D eigenvalue weighted by Gasteiger charge is -2.07. The normalized spacial score (nSPS) is 11.5. The molecule has 5 nitrogen and oxygen atoms in total. The maximum atomic E-state index is 11.8. The second-order valence-electron chi connectivity index (χ2n) is 4.93. The van der Waals surface area contributed by atoms with Gasteiger partial charge < -0.3 is 5.32 Å². The van der Waals surface area contributed by atoms with Crippen molar-refractivity contribution < 1.29 is 13.2 Å². The molecule has 0 saturated carbocycles. The van der Waals surface area contributed by atoms with Gasteiger partial charge in [-0.05, 0) is 23.8 Å². The number of carbonyl (C=O) groups is 1. The molecule has 0 atom stereocenters. The quantitative estimate of drug-likeness (QED) is 0.791. The second kappa shape index (κ2) is 8.63.